The lowest BCUT2D eigenvalue weighted by molar-refractivity contribution is -0.121. The second-order valence-corrected chi connectivity index (χ2v) is 7.39. The van der Waals surface area contributed by atoms with Gasteiger partial charge in [0.05, 0.1) is 5.57 Å². The molecule has 0 unspecified atom stereocenters. The van der Waals surface area contributed by atoms with Crippen molar-refractivity contribution in [3.63, 3.8) is 0 Å². The highest BCUT2D eigenvalue weighted by Crippen LogP contribution is 2.24. The van der Waals surface area contributed by atoms with E-state index in [1.54, 1.807) is 39.0 Å². The molecule has 1 heterocycles. The highest BCUT2D eigenvalue weighted by Gasteiger charge is 2.25. The summed E-state index contributed by atoms with van der Waals surface area (Å²) >= 11 is 12.1. The van der Waals surface area contributed by atoms with Gasteiger partial charge in [0.1, 0.15) is 6.07 Å². The highest BCUT2D eigenvalue weighted by atomic mass is 35.5. The van der Waals surface area contributed by atoms with Crippen LogP contribution < -0.4 is 0 Å². The maximum Gasteiger partial charge on any atom is 0.178 e. The Labute approximate surface area is 152 Å². The van der Waals surface area contributed by atoms with Gasteiger partial charge in [-0.25, -0.2) is 0 Å². The molecule has 3 nitrogen and oxygen atoms in total. The van der Waals surface area contributed by atoms with E-state index in [0.29, 0.717) is 16.6 Å². The van der Waals surface area contributed by atoms with E-state index in [1.165, 1.54) is 0 Å². The molecule has 0 spiro atoms. The minimum Gasteiger partial charge on any atom is -0.343 e. The van der Waals surface area contributed by atoms with Crippen molar-refractivity contribution in [2.75, 3.05) is 0 Å². The topological polar surface area (TPSA) is 45.8 Å². The van der Waals surface area contributed by atoms with Crippen molar-refractivity contribution < 1.29 is 4.79 Å². The number of benzene rings is 1. The number of nitrogens with zero attached hydrogens (tertiary/aromatic N) is 2. The van der Waals surface area contributed by atoms with Crippen molar-refractivity contribution in [1.29, 1.82) is 5.26 Å². The molecule has 0 amide bonds. The molecule has 0 aliphatic rings. The van der Waals surface area contributed by atoms with Crippen molar-refractivity contribution in [1.82, 2.24) is 4.57 Å². The van der Waals surface area contributed by atoms with E-state index < -0.39 is 5.41 Å². The molecule has 0 saturated carbocycles. The van der Waals surface area contributed by atoms with Crippen LogP contribution in [0, 0.1) is 16.7 Å². The predicted molar refractivity (Wildman–Crippen MR) is 98.0 cm³/mol. The van der Waals surface area contributed by atoms with Gasteiger partial charge in [0, 0.05) is 33.9 Å². The first-order valence-corrected chi connectivity index (χ1v) is 8.23. The Hall–Kier alpha value is -2.02. The number of aromatic nitrogens is 1. The minimum absolute atomic E-state index is 0.143. The van der Waals surface area contributed by atoms with Crippen LogP contribution in [0.3, 0.4) is 0 Å². The molecule has 1 aromatic carbocycles. The predicted octanol–water partition coefficient (Wildman–Crippen LogP) is 5.37. The Balaban J connectivity index is 2.35. The molecule has 0 bridgehead atoms. The number of carbonyl (C=O) groups is 1. The number of halogens is 2. The van der Waals surface area contributed by atoms with Crippen LogP contribution in [0.4, 0.5) is 0 Å². The summed E-state index contributed by atoms with van der Waals surface area (Å²) < 4.78 is 1.93. The zero-order chi connectivity index (χ0) is 17.9. The van der Waals surface area contributed by atoms with Crippen LogP contribution in [0.2, 0.25) is 10.0 Å². The van der Waals surface area contributed by atoms with E-state index in [1.807, 2.05) is 35.0 Å². The highest BCUT2D eigenvalue weighted by molar-refractivity contribution is 6.35. The van der Waals surface area contributed by atoms with Gasteiger partial charge >= 0.3 is 0 Å². The van der Waals surface area contributed by atoms with Gasteiger partial charge in [-0.05, 0) is 35.9 Å². The fourth-order valence-electron chi connectivity index (χ4n) is 2.24. The molecular weight excluding hydrogens is 343 g/mol. The lowest BCUT2D eigenvalue weighted by Gasteiger charge is -2.15. The summed E-state index contributed by atoms with van der Waals surface area (Å²) in [6.07, 6.45) is 3.50. The van der Waals surface area contributed by atoms with Crippen LogP contribution in [-0.4, -0.2) is 10.4 Å². The Kier molecular flexibility index (Phi) is 5.54. The summed E-state index contributed by atoms with van der Waals surface area (Å²) in [4.78, 5) is 12.3. The average Bonchev–Trinajstić information content (AvgIpc) is 2.93. The van der Waals surface area contributed by atoms with Gasteiger partial charge in [-0.2, -0.15) is 5.26 Å². The third-order valence-electron chi connectivity index (χ3n) is 3.56. The Morgan fingerprint density at radius 3 is 2.58 bits per heavy atom. The monoisotopic (exact) mass is 360 g/mol. The molecule has 24 heavy (non-hydrogen) atoms. The molecule has 0 N–H and O–H groups in total. The van der Waals surface area contributed by atoms with Crippen LogP contribution in [0.15, 0.2) is 42.1 Å². The lowest BCUT2D eigenvalue weighted by Crippen LogP contribution is -2.21. The maximum atomic E-state index is 12.3. The zero-order valence-corrected chi connectivity index (χ0v) is 15.3. The van der Waals surface area contributed by atoms with Crippen LogP contribution in [0.1, 0.15) is 32.0 Å². The minimum atomic E-state index is -0.599. The van der Waals surface area contributed by atoms with E-state index in [4.69, 9.17) is 23.2 Å². The van der Waals surface area contributed by atoms with Crippen LogP contribution in [0.5, 0.6) is 0 Å². The largest absolute Gasteiger partial charge is 0.343 e. The summed E-state index contributed by atoms with van der Waals surface area (Å²) in [6, 6.07) is 11.1. The second-order valence-electron chi connectivity index (χ2n) is 6.55. The molecule has 0 radical (unpaired) electrons. The Morgan fingerprint density at radius 2 is 2.00 bits per heavy atom. The first-order chi connectivity index (χ1) is 11.2. The lowest BCUT2D eigenvalue weighted by atomic mass is 9.86. The van der Waals surface area contributed by atoms with E-state index in [-0.39, 0.29) is 11.4 Å². The number of hydrogen-bond donors (Lipinski definition) is 0. The number of hydrogen-bond acceptors (Lipinski definition) is 2. The van der Waals surface area contributed by atoms with E-state index >= 15 is 0 Å². The summed E-state index contributed by atoms with van der Waals surface area (Å²) in [5.41, 5.74) is 1.23. The summed E-state index contributed by atoms with van der Waals surface area (Å²) in [5, 5.41) is 10.5. The van der Waals surface area contributed by atoms with Crippen LogP contribution in [0.25, 0.3) is 6.08 Å². The Bertz CT molecular complexity index is 836. The molecule has 0 saturated heterocycles. The normalized spacial score (nSPS) is 12.1. The molecular formula is C19H18Cl2N2O. The molecule has 124 valence electrons. The molecule has 1 aromatic heterocycles. The van der Waals surface area contributed by atoms with Gasteiger partial charge in [-0.3, -0.25) is 4.79 Å². The zero-order valence-electron chi connectivity index (χ0n) is 13.8. The molecule has 0 aliphatic carbocycles. The third kappa shape index (κ3) is 4.29. The fourth-order valence-corrected chi connectivity index (χ4v) is 2.70. The van der Waals surface area contributed by atoms with Gasteiger partial charge < -0.3 is 4.57 Å². The van der Waals surface area contributed by atoms with Gasteiger partial charge in [0.2, 0.25) is 0 Å². The molecule has 2 aromatic rings. The number of rotatable bonds is 4. The van der Waals surface area contributed by atoms with Crippen molar-refractivity contribution in [3.05, 3.63) is 63.4 Å². The first-order valence-electron chi connectivity index (χ1n) is 7.48. The van der Waals surface area contributed by atoms with Crippen LogP contribution in [-0.2, 0) is 11.3 Å². The Morgan fingerprint density at radius 1 is 1.29 bits per heavy atom. The summed E-state index contributed by atoms with van der Waals surface area (Å²) in [6.45, 7) is 5.92. The fraction of sp³-hybridized carbons (Fsp3) is 0.263. The number of allylic oxidation sites excluding steroid dienone is 1. The number of carbonyl (C=O) groups excluding carboxylic acids is 1. The second kappa shape index (κ2) is 7.25. The molecule has 0 fully saturated rings. The number of Topliss-reactive ketones (excluding diaryl/α,β-unsaturated/α-hetero) is 1. The van der Waals surface area contributed by atoms with E-state index in [0.717, 1.165) is 11.3 Å². The van der Waals surface area contributed by atoms with Gasteiger partial charge in [0.25, 0.3) is 0 Å². The summed E-state index contributed by atoms with van der Waals surface area (Å²) in [5.74, 6) is -0.178. The standard InChI is InChI=1S/C19H18Cl2N2O/c1-19(2,3)18(24)14(11-22)9-16-5-4-8-23(16)12-13-6-7-15(20)10-17(13)21/h4-10H,12H2,1-3H3/b14-9+. The third-order valence-corrected chi connectivity index (χ3v) is 4.15. The first kappa shape index (κ1) is 18.3. The van der Waals surface area contributed by atoms with Gasteiger partial charge in [-0.15, -0.1) is 0 Å². The van der Waals surface area contributed by atoms with Gasteiger partial charge in [-0.1, -0.05) is 50.0 Å². The quantitative estimate of drug-likeness (QED) is 0.543. The van der Waals surface area contributed by atoms with Crippen molar-refractivity contribution in [2.24, 2.45) is 5.41 Å². The molecule has 2 rings (SSSR count). The van der Waals surface area contributed by atoms with E-state index in [9.17, 15) is 10.1 Å². The maximum absolute atomic E-state index is 12.3. The van der Waals surface area contributed by atoms with Crippen molar-refractivity contribution >= 4 is 35.1 Å². The average molecular weight is 361 g/mol. The smallest absolute Gasteiger partial charge is 0.178 e. The molecule has 0 aliphatic heterocycles. The van der Waals surface area contributed by atoms with Crippen LogP contribution >= 0.6 is 23.2 Å². The summed E-state index contributed by atoms with van der Waals surface area (Å²) in [7, 11) is 0. The number of ketones is 1. The molecule has 5 heteroatoms. The SMILES string of the molecule is CC(C)(C)C(=O)/C(C#N)=C/c1cccn1Cc1ccc(Cl)cc1Cl. The van der Waals surface area contributed by atoms with Gasteiger partial charge in [0.15, 0.2) is 5.78 Å². The van der Waals surface area contributed by atoms with E-state index in [2.05, 4.69) is 0 Å². The van der Waals surface area contributed by atoms with Crippen molar-refractivity contribution in [2.45, 2.75) is 27.3 Å². The van der Waals surface area contributed by atoms with Crippen molar-refractivity contribution in [3.8, 4) is 6.07 Å². The molecule has 0 atom stereocenters. The number of nitriles is 1.